The molecule has 0 saturated heterocycles. The highest BCUT2D eigenvalue weighted by Gasteiger charge is 2.26. The average molecular weight is 383 g/mol. The van der Waals surface area contributed by atoms with Crippen LogP contribution < -0.4 is 4.90 Å². The van der Waals surface area contributed by atoms with Gasteiger partial charge in [0.2, 0.25) is 0 Å². The first-order valence-corrected chi connectivity index (χ1v) is 9.08. The Kier molecular flexibility index (Phi) is 4.99. The van der Waals surface area contributed by atoms with Gasteiger partial charge in [0.05, 0.1) is 11.5 Å². The lowest BCUT2D eigenvalue weighted by Crippen LogP contribution is -2.25. The number of benzene rings is 3. The minimum absolute atomic E-state index is 0.0223. The molecule has 0 fully saturated rings. The largest absolute Gasteiger partial charge is 0.321 e. The molecule has 0 radical (unpaired) electrons. The Balaban J connectivity index is 1.64. The summed E-state index contributed by atoms with van der Waals surface area (Å²) in [6.07, 6.45) is 2.86. The molecule has 1 heterocycles. The van der Waals surface area contributed by atoms with E-state index in [9.17, 15) is 14.9 Å². The second-order valence-electron chi connectivity index (χ2n) is 6.54. The smallest absolute Gasteiger partial charge is 0.271 e. The van der Waals surface area contributed by atoms with E-state index in [1.165, 1.54) is 24.3 Å². The molecule has 6 nitrogen and oxygen atoms in total. The van der Waals surface area contributed by atoms with E-state index in [2.05, 4.69) is 4.99 Å². The number of para-hydroxylation sites is 1. The fourth-order valence-corrected chi connectivity index (χ4v) is 3.26. The Morgan fingerprint density at radius 3 is 2.55 bits per heavy atom. The van der Waals surface area contributed by atoms with Crippen LogP contribution in [0.2, 0.25) is 0 Å². The second kappa shape index (κ2) is 7.90. The van der Waals surface area contributed by atoms with Gasteiger partial charge in [0.1, 0.15) is 5.84 Å². The topological polar surface area (TPSA) is 75.8 Å². The van der Waals surface area contributed by atoms with Crippen LogP contribution in [-0.4, -0.2) is 16.7 Å². The van der Waals surface area contributed by atoms with Crippen molar-refractivity contribution in [2.24, 2.45) is 4.99 Å². The van der Waals surface area contributed by atoms with E-state index in [0.717, 1.165) is 16.8 Å². The lowest BCUT2D eigenvalue weighted by atomic mass is 10.1. The number of aliphatic imine (C=N–C) groups is 1. The molecule has 0 aliphatic carbocycles. The normalized spacial score (nSPS) is 14.3. The van der Waals surface area contributed by atoms with Crippen molar-refractivity contribution < 1.29 is 9.72 Å². The number of non-ortho nitro benzene ring substituents is 1. The summed E-state index contributed by atoms with van der Waals surface area (Å²) in [5, 5.41) is 10.9. The quantitative estimate of drug-likeness (QED) is 0.375. The van der Waals surface area contributed by atoms with Gasteiger partial charge in [-0.3, -0.25) is 14.9 Å². The second-order valence-corrected chi connectivity index (χ2v) is 6.54. The van der Waals surface area contributed by atoms with Crippen molar-refractivity contribution in [2.45, 2.75) is 6.54 Å². The van der Waals surface area contributed by atoms with E-state index in [0.29, 0.717) is 17.9 Å². The van der Waals surface area contributed by atoms with Gasteiger partial charge in [-0.25, -0.2) is 0 Å². The Morgan fingerprint density at radius 1 is 1.00 bits per heavy atom. The highest BCUT2D eigenvalue weighted by molar-refractivity contribution is 6.18. The number of nitro groups is 1. The van der Waals surface area contributed by atoms with Crippen LogP contribution in [0.3, 0.4) is 0 Å². The van der Waals surface area contributed by atoms with Gasteiger partial charge in [-0.1, -0.05) is 54.6 Å². The number of amidine groups is 1. The van der Waals surface area contributed by atoms with Gasteiger partial charge in [0.15, 0.2) is 0 Å². The van der Waals surface area contributed by atoms with Crippen LogP contribution in [0.25, 0.3) is 6.08 Å². The zero-order valence-corrected chi connectivity index (χ0v) is 15.4. The maximum atomic E-state index is 12.5. The Bertz CT molecular complexity index is 1140. The summed E-state index contributed by atoms with van der Waals surface area (Å²) < 4.78 is 0. The summed E-state index contributed by atoms with van der Waals surface area (Å²) >= 11 is 0. The van der Waals surface area contributed by atoms with Gasteiger partial charge in [0, 0.05) is 29.5 Å². The summed E-state index contributed by atoms with van der Waals surface area (Å²) in [5.41, 5.74) is 3.53. The lowest BCUT2D eigenvalue weighted by Gasteiger charge is -2.18. The third kappa shape index (κ3) is 3.96. The molecule has 4 rings (SSSR count). The number of hydrogen-bond donors (Lipinski definition) is 0. The predicted molar refractivity (Wildman–Crippen MR) is 113 cm³/mol. The predicted octanol–water partition coefficient (Wildman–Crippen LogP) is 4.60. The van der Waals surface area contributed by atoms with Crippen LogP contribution in [0.15, 0.2) is 89.9 Å². The fourth-order valence-electron chi connectivity index (χ4n) is 3.26. The number of nitrogens with zero attached hydrogens (tertiary/aromatic N) is 3. The van der Waals surface area contributed by atoms with Crippen LogP contribution in [0.5, 0.6) is 0 Å². The first-order valence-electron chi connectivity index (χ1n) is 9.08. The van der Waals surface area contributed by atoms with Gasteiger partial charge in [-0.2, -0.15) is 4.99 Å². The Labute approximate surface area is 167 Å². The van der Waals surface area contributed by atoms with Crippen LogP contribution in [0.1, 0.15) is 16.7 Å². The van der Waals surface area contributed by atoms with Crippen LogP contribution in [-0.2, 0) is 11.3 Å². The van der Waals surface area contributed by atoms with Crippen LogP contribution in [0, 0.1) is 10.1 Å². The minimum Gasteiger partial charge on any atom is -0.321 e. The van der Waals surface area contributed by atoms with Gasteiger partial charge < -0.3 is 4.90 Å². The third-order valence-corrected chi connectivity index (χ3v) is 4.63. The average Bonchev–Trinajstić information content (AvgIpc) is 3.11. The van der Waals surface area contributed by atoms with E-state index in [1.54, 1.807) is 12.1 Å². The van der Waals surface area contributed by atoms with Crippen molar-refractivity contribution in [2.75, 3.05) is 4.90 Å². The zero-order chi connectivity index (χ0) is 20.2. The molecule has 0 unspecified atom stereocenters. The fraction of sp³-hybridized carbons (Fsp3) is 0.0435. The number of anilines is 1. The van der Waals surface area contributed by atoms with Gasteiger partial charge in [0.25, 0.3) is 11.6 Å². The highest BCUT2D eigenvalue weighted by Crippen LogP contribution is 2.28. The van der Waals surface area contributed by atoms with E-state index >= 15 is 0 Å². The summed E-state index contributed by atoms with van der Waals surface area (Å²) in [6.45, 7) is 0.640. The molecular formula is C23H17N3O3. The van der Waals surface area contributed by atoms with Gasteiger partial charge in [-0.05, 0) is 29.3 Å². The number of hydrogen-bond acceptors (Lipinski definition) is 3. The number of fused-ring (bicyclic) bond motifs is 1. The van der Waals surface area contributed by atoms with Crippen molar-refractivity contribution in [3.8, 4) is 0 Å². The molecule has 3 aromatic rings. The van der Waals surface area contributed by atoms with Crippen molar-refractivity contribution in [1.82, 2.24) is 0 Å². The Morgan fingerprint density at radius 2 is 1.76 bits per heavy atom. The minimum atomic E-state index is -0.466. The third-order valence-electron chi connectivity index (χ3n) is 4.63. The highest BCUT2D eigenvalue weighted by atomic mass is 16.6. The van der Waals surface area contributed by atoms with Crippen molar-refractivity contribution in [1.29, 1.82) is 0 Å². The molecule has 142 valence electrons. The summed E-state index contributed by atoms with van der Waals surface area (Å²) in [4.78, 5) is 29.3. The van der Waals surface area contributed by atoms with E-state index in [1.807, 2.05) is 59.5 Å². The number of carbonyl (C=O) groups is 1. The van der Waals surface area contributed by atoms with E-state index in [4.69, 9.17) is 0 Å². The zero-order valence-electron chi connectivity index (χ0n) is 15.4. The van der Waals surface area contributed by atoms with Crippen molar-refractivity contribution in [3.05, 3.63) is 112 Å². The number of carbonyl (C=O) groups excluding carboxylic acids is 1. The van der Waals surface area contributed by atoms with E-state index < -0.39 is 10.8 Å². The molecule has 0 spiro atoms. The van der Waals surface area contributed by atoms with E-state index in [-0.39, 0.29) is 5.69 Å². The van der Waals surface area contributed by atoms with Crippen molar-refractivity contribution >= 4 is 29.2 Å². The molecule has 0 bridgehead atoms. The van der Waals surface area contributed by atoms with Crippen molar-refractivity contribution in [3.63, 3.8) is 0 Å². The molecule has 29 heavy (non-hydrogen) atoms. The molecule has 0 N–H and O–H groups in total. The first kappa shape index (κ1) is 18.3. The lowest BCUT2D eigenvalue weighted by molar-refractivity contribution is -0.384. The summed E-state index contributed by atoms with van der Waals surface area (Å²) in [7, 11) is 0. The maximum Gasteiger partial charge on any atom is 0.271 e. The summed E-state index contributed by atoms with van der Waals surface area (Å²) in [6, 6.07) is 23.8. The molecule has 6 heteroatoms. The molecule has 0 aromatic heterocycles. The number of nitro benzene ring substituents is 1. The standard InChI is InChI=1S/C23H17N3O3/c27-22(14-13-17-7-6-11-20(15-17)26(28)29)24-23-21-12-5-4-8-18(21)16-25(23)19-9-2-1-3-10-19/h1-15H,16H2/b14-13+,24-23?. The molecule has 0 saturated carbocycles. The molecule has 1 aliphatic rings. The molecule has 3 aromatic carbocycles. The first-order chi connectivity index (χ1) is 14.1. The monoisotopic (exact) mass is 383 g/mol. The number of rotatable bonds is 4. The molecule has 1 aliphatic heterocycles. The van der Waals surface area contributed by atoms with Gasteiger partial charge in [-0.15, -0.1) is 0 Å². The summed E-state index contributed by atoms with van der Waals surface area (Å²) in [5.74, 6) is 0.171. The van der Waals surface area contributed by atoms with Crippen LogP contribution in [0.4, 0.5) is 11.4 Å². The Hall–Kier alpha value is -4.06. The molecule has 1 amide bonds. The molecular weight excluding hydrogens is 366 g/mol. The van der Waals surface area contributed by atoms with Crippen LogP contribution >= 0.6 is 0 Å². The SMILES string of the molecule is O=C(/C=C/c1cccc([N+](=O)[O-])c1)N=C1c2ccccc2CN1c1ccccc1. The molecule has 0 atom stereocenters. The maximum absolute atomic E-state index is 12.5. The van der Waals surface area contributed by atoms with Gasteiger partial charge >= 0.3 is 0 Å². The number of amides is 1.